The van der Waals surface area contributed by atoms with Gasteiger partial charge in [0.05, 0.1) is 40.8 Å². The Balaban J connectivity index is 1.60. The van der Waals surface area contributed by atoms with Gasteiger partial charge in [-0.15, -0.1) is 0 Å². The molecule has 0 bridgehead atoms. The lowest BCUT2D eigenvalue weighted by atomic mass is 9.94. The van der Waals surface area contributed by atoms with E-state index in [1.54, 1.807) is 30.2 Å². The van der Waals surface area contributed by atoms with Crippen molar-refractivity contribution in [3.8, 4) is 11.4 Å². The first-order chi connectivity index (χ1) is 20.2. The second kappa shape index (κ2) is 12.8. The van der Waals surface area contributed by atoms with E-state index in [-0.39, 0.29) is 18.6 Å². The zero-order valence-electron chi connectivity index (χ0n) is 24.6. The predicted octanol–water partition coefficient (Wildman–Crippen LogP) is 5.33. The van der Waals surface area contributed by atoms with Gasteiger partial charge in [-0.2, -0.15) is 5.10 Å². The average Bonchev–Trinajstić information content (AvgIpc) is 3.39. The summed E-state index contributed by atoms with van der Waals surface area (Å²) < 4.78 is 19.5. The second-order valence-corrected chi connectivity index (χ2v) is 11.8. The molecule has 0 radical (unpaired) electrons. The number of methoxy groups -OCH3 is 1. The molecule has 2 aliphatic heterocycles. The summed E-state index contributed by atoms with van der Waals surface area (Å²) in [6, 6.07) is 11.4. The molecule has 0 saturated heterocycles. The number of rotatable bonds is 7. The Labute approximate surface area is 255 Å². The number of aryl methyl sites for hydroxylation is 1. The molecule has 0 fully saturated rings. The number of carbonyl (C=O) groups excluding carboxylic acids is 2. The van der Waals surface area contributed by atoms with E-state index in [9.17, 15) is 9.59 Å². The lowest BCUT2D eigenvalue weighted by Crippen LogP contribution is -2.47. The molecule has 222 valence electrons. The van der Waals surface area contributed by atoms with E-state index in [1.165, 1.54) is 11.6 Å². The minimum atomic E-state index is -0.419. The van der Waals surface area contributed by atoms with Crippen LogP contribution in [0.15, 0.2) is 53.5 Å². The van der Waals surface area contributed by atoms with Crippen molar-refractivity contribution in [2.24, 2.45) is 0 Å². The third-order valence-electron chi connectivity index (χ3n) is 7.91. The number of carbonyl (C=O) groups is 2. The highest BCUT2D eigenvalue weighted by Crippen LogP contribution is 2.38. The molecule has 3 aromatic rings. The van der Waals surface area contributed by atoms with Gasteiger partial charge in [-0.05, 0) is 70.2 Å². The first-order valence-corrected chi connectivity index (χ1v) is 15.0. The number of ether oxygens (including phenoxy) is 3. The molecule has 42 heavy (non-hydrogen) atoms. The summed E-state index contributed by atoms with van der Waals surface area (Å²) in [5.41, 5.74) is 6.65. The smallest absolute Gasteiger partial charge is 0.254 e. The monoisotopic (exact) mass is 636 g/mol. The van der Waals surface area contributed by atoms with Gasteiger partial charge in [-0.25, -0.2) is 4.68 Å². The molecule has 0 saturated carbocycles. The highest BCUT2D eigenvalue weighted by atomic mass is 79.9. The number of amides is 2. The van der Waals surface area contributed by atoms with Gasteiger partial charge in [0.2, 0.25) is 5.91 Å². The van der Waals surface area contributed by atoms with E-state index >= 15 is 0 Å². The topological polar surface area (TPSA) is 86.1 Å². The van der Waals surface area contributed by atoms with E-state index in [1.807, 2.05) is 9.58 Å². The van der Waals surface area contributed by atoms with Crippen LogP contribution in [0.25, 0.3) is 5.69 Å². The summed E-state index contributed by atoms with van der Waals surface area (Å²) >= 11 is 3.49. The summed E-state index contributed by atoms with van der Waals surface area (Å²) in [6.07, 6.45) is 1.92. The van der Waals surface area contributed by atoms with Gasteiger partial charge in [0.15, 0.2) is 6.79 Å². The summed E-state index contributed by atoms with van der Waals surface area (Å²) in [5.74, 6) is 0.582. The molecular weight excluding hydrogens is 600 g/mol. The molecule has 0 spiro atoms. The molecule has 1 atom stereocenters. The third kappa shape index (κ3) is 5.88. The van der Waals surface area contributed by atoms with Crippen LogP contribution in [0.4, 0.5) is 0 Å². The Kier molecular flexibility index (Phi) is 9.15. The van der Waals surface area contributed by atoms with E-state index in [0.29, 0.717) is 56.5 Å². The minimum absolute atomic E-state index is 0.0602. The minimum Gasteiger partial charge on any atom is -0.466 e. The largest absolute Gasteiger partial charge is 0.466 e. The van der Waals surface area contributed by atoms with E-state index in [0.717, 1.165) is 32.7 Å². The number of halogens is 1. The fourth-order valence-corrected chi connectivity index (χ4v) is 6.06. The fourth-order valence-electron chi connectivity index (χ4n) is 5.70. The Hall–Kier alpha value is -3.47. The van der Waals surface area contributed by atoms with Crippen molar-refractivity contribution < 1.29 is 23.8 Å². The maximum atomic E-state index is 14.2. The SMILES string of the molecule is C=CC(=O)N1CCOCc2nn(-c3ccc(C(C)C)cc3C)c3c2[C@H](C1)N(C(=O)c1ccc(Br)c(OCOC)c1)CC3. The summed E-state index contributed by atoms with van der Waals surface area (Å²) in [5, 5.41) is 5.07. The standard InChI is InChI=1S/C32H37BrN4O5/c1-6-30(38)35-13-14-41-18-25-31-27(37(34-25)26-10-8-22(20(2)3)15-21(26)4)11-12-36(28(31)17-35)32(39)23-7-9-24(33)29(16-23)42-19-40-5/h6-10,15-16,20,28H,1,11-14,17-19H2,2-5H3/t28-/m0/s1. The van der Waals surface area contributed by atoms with E-state index in [4.69, 9.17) is 19.3 Å². The molecule has 0 N–H and O–H groups in total. The van der Waals surface area contributed by atoms with Crippen molar-refractivity contribution in [1.82, 2.24) is 19.6 Å². The molecular formula is C32H37BrN4O5. The van der Waals surface area contributed by atoms with Crippen LogP contribution in [0, 0.1) is 6.92 Å². The summed E-state index contributed by atoms with van der Waals surface area (Å²) in [4.78, 5) is 30.6. The molecule has 9 nitrogen and oxygen atoms in total. The van der Waals surface area contributed by atoms with Gasteiger partial charge in [-0.3, -0.25) is 9.59 Å². The van der Waals surface area contributed by atoms with Crippen LogP contribution in [0.3, 0.4) is 0 Å². The van der Waals surface area contributed by atoms with Crippen molar-refractivity contribution in [3.63, 3.8) is 0 Å². The van der Waals surface area contributed by atoms with Crippen LogP contribution in [0.5, 0.6) is 5.75 Å². The third-order valence-corrected chi connectivity index (χ3v) is 8.56. The van der Waals surface area contributed by atoms with E-state index < -0.39 is 6.04 Å². The highest BCUT2D eigenvalue weighted by molar-refractivity contribution is 9.10. The maximum absolute atomic E-state index is 14.2. The van der Waals surface area contributed by atoms with Crippen molar-refractivity contribution in [1.29, 1.82) is 0 Å². The molecule has 2 aromatic carbocycles. The lowest BCUT2D eigenvalue weighted by molar-refractivity contribution is -0.127. The number of nitrogens with zero attached hydrogens (tertiary/aromatic N) is 4. The zero-order chi connectivity index (χ0) is 30.0. The van der Waals surface area contributed by atoms with Crippen LogP contribution in [-0.2, 0) is 27.3 Å². The first-order valence-electron chi connectivity index (χ1n) is 14.2. The van der Waals surface area contributed by atoms with Crippen LogP contribution in [0.1, 0.15) is 64.2 Å². The lowest BCUT2D eigenvalue weighted by Gasteiger charge is -2.39. The van der Waals surface area contributed by atoms with Crippen molar-refractivity contribution in [2.75, 3.05) is 40.1 Å². The molecule has 0 aliphatic carbocycles. The second-order valence-electron chi connectivity index (χ2n) is 10.9. The first kappa shape index (κ1) is 30.0. The maximum Gasteiger partial charge on any atom is 0.254 e. The normalized spacial score (nSPS) is 16.9. The Morgan fingerprint density at radius 3 is 2.74 bits per heavy atom. The molecule has 5 rings (SSSR count). The van der Waals surface area contributed by atoms with Crippen molar-refractivity contribution in [3.05, 3.63) is 87.2 Å². The zero-order valence-corrected chi connectivity index (χ0v) is 26.1. The van der Waals surface area contributed by atoms with Gasteiger partial charge in [0.25, 0.3) is 5.91 Å². The average molecular weight is 638 g/mol. The van der Waals surface area contributed by atoms with Gasteiger partial charge in [0.1, 0.15) is 5.75 Å². The molecule has 1 aromatic heterocycles. The molecule has 10 heteroatoms. The number of hydrogen-bond donors (Lipinski definition) is 0. The fraction of sp³-hybridized carbons (Fsp3) is 0.406. The molecule has 2 amide bonds. The highest BCUT2D eigenvalue weighted by Gasteiger charge is 2.39. The van der Waals surface area contributed by atoms with Gasteiger partial charge >= 0.3 is 0 Å². The van der Waals surface area contributed by atoms with Crippen LogP contribution in [-0.4, -0.2) is 71.5 Å². The predicted molar refractivity (Wildman–Crippen MR) is 163 cm³/mol. The van der Waals surface area contributed by atoms with Gasteiger partial charge < -0.3 is 24.0 Å². The van der Waals surface area contributed by atoms with E-state index in [2.05, 4.69) is 61.5 Å². The van der Waals surface area contributed by atoms with Crippen LogP contribution >= 0.6 is 15.9 Å². The number of benzene rings is 2. The van der Waals surface area contributed by atoms with Crippen LogP contribution in [0.2, 0.25) is 0 Å². The summed E-state index contributed by atoms with van der Waals surface area (Å²) in [7, 11) is 1.54. The van der Waals surface area contributed by atoms with Crippen molar-refractivity contribution in [2.45, 2.75) is 45.8 Å². The Morgan fingerprint density at radius 1 is 1.21 bits per heavy atom. The molecule has 2 aliphatic rings. The molecule has 0 unspecified atom stereocenters. The molecule has 3 heterocycles. The summed E-state index contributed by atoms with van der Waals surface area (Å²) in [6.45, 7) is 12.0. The van der Waals surface area contributed by atoms with Crippen molar-refractivity contribution >= 4 is 27.7 Å². The van der Waals surface area contributed by atoms with Gasteiger partial charge in [-0.1, -0.05) is 32.6 Å². The quantitative estimate of drug-likeness (QED) is 0.257. The number of aromatic nitrogens is 2. The number of hydrogen-bond acceptors (Lipinski definition) is 6. The van der Waals surface area contributed by atoms with Crippen LogP contribution < -0.4 is 4.74 Å². The Bertz CT molecular complexity index is 1500. The Morgan fingerprint density at radius 2 is 2.02 bits per heavy atom. The van der Waals surface area contributed by atoms with Gasteiger partial charge in [0, 0.05) is 44.3 Å².